The van der Waals surface area contributed by atoms with E-state index in [0.29, 0.717) is 13.2 Å². The van der Waals surface area contributed by atoms with Crippen molar-refractivity contribution in [3.05, 3.63) is 12.8 Å². The Bertz CT molecular complexity index is 208. The van der Waals surface area contributed by atoms with E-state index in [2.05, 4.69) is 11.3 Å². The second-order valence-corrected chi connectivity index (χ2v) is 3.99. The highest BCUT2D eigenvalue weighted by Crippen LogP contribution is 1.93. The van der Waals surface area contributed by atoms with Gasteiger partial charge in [-0.2, -0.15) is 0 Å². The molecule has 0 spiro atoms. The van der Waals surface area contributed by atoms with Crippen LogP contribution in [-0.2, 0) is 14.2 Å². The molecule has 0 aliphatic carbocycles. The van der Waals surface area contributed by atoms with Gasteiger partial charge in [-0.15, -0.1) is 0 Å². The normalized spacial score (nSPS) is 10.8. The van der Waals surface area contributed by atoms with Crippen LogP contribution in [-0.4, -0.2) is 48.9 Å². The van der Waals surface area contributed by atoms with Crippen LogP contribution in [0.15, 0.2) is 12.8 Å². The number of carbonyl (C=O) groups is 1. The van der Waals surface area contributed by atoms with Gasteiger partial charge in [0.05, 0.1) is 26.1 Å². The highest BCUT2D eigenvalue weighted by molar-refractivity contribution is 5.59. The number of unbranched alkanes of at least 4 members (excludes halogenated alkanes) is 2. The number of hydrogen-bond acceptors (Lipinski definition) is 6. The predicted octanol–water partition coefficient (Wildman–Crippen LogP) is 2.24. The minimum Gasteiger partial charge on any atom is -0.499 e. The molecule has 0 aromatic rings. The van der Waals surface area contributed by atoms with Crippen molar-refractivity contribution in [2.75, 3.05) is 26.4 Å². The van der Waals surface area contributed by atoms with Crippen LogP contribution in [0.4, 0.5) is 4.79 Å². The lowest BCUT2D eigenvalue weighted by molar-refractivity contribution is 0.0387. The summed E-state index contributed by atoms with van der Waals surface area (Å²) in [6.07, 6.45) is 3.78. The molecule has 6 heteroatoms. The monoisotopic (exact) mass is 292 g/mol. The average molecular weight is 292 g/mol. The molecule has 0 aromatic carbocycles. The van der Waals surface area contributed by atoms with Crippen LogP contribution in [0, 0.1) is 0 Å². The Kier molecular flexibility index (Phi) is 18.6. The van der Waals surface area contributed by atoms with Crippen molar-refractivity contribution in [2.45, 2.75) is 45.6 Å². The zero-order valence-electron chi connectivity index (χ0n) is 12.5. The van der Waals surface area contributed by atoms with Crippen molar-refractivity contribution >= 4 is 6.16 Å². The lowest BCUT2D eigenvalue weighted by atomic mass is 10.4. The van der Waals surface area contributed by atoms with Gasteiger partial charge in [-0.3, -0.25) is 0 Å². The molecule has 20 heavy (non-hydrogen) atoms. The standard InChI is InChI=1S/C9H18O3.C5H10O3/c1-3-5-7-11-9(10)12-8-6-4-2;1-2-8-4-5(7)3-6/h3-8H2,1-2H3;2,5-7H,1,3-4H2. The minimum atomic E-state index is -0.784. The predicted molar refractivity (Wildman–Crippen MR) is 76.4 cm³/mol. The van der Waals surface area contributed by atoms with Crippen molar-refractivity contribution in [3.63, 3.8) is 0 Å². The summed E-state index contributed by atoms with van der Waals surface area (Å²) in [5.74, 6) is 0. The van der Waals surface area contributed by atoms with E-state index in [1.54, 1.807) is 0 Å². The molecule has 0 aliphatic rings. The smallest absolute Gasteiger partial charge is 0.499 e. The summed E-state index contributed by atoms with van der Waals surface area (Å²) >= 11 is 0. The SMILES string of the molecule is C=COCC(O)CO.CCCCOC(=O)OCCCC. The van der Waals surface area contributed by atoms with Crippen molar-refractivity contribution in [3.8, 4) is 0 Å². The quantitative estimate of drug-likeness (QED) is 0.365. The largest absolute Gasteiger partial charge is 0.508 e. The topological polar surface area (TPSA) is 85.2 Å². The van der Waals surface area contributed by atoms with Crippen molar-refractivity contribution in [1.29, 1.82) is 0 Å². The Morgan fingerprint density at radius 2 is 1.70 bits per heavy atom. The molecule has 120 valence electrons. The first-order chi connectivity index (χ1) is 9.62. The molecule has 0 radical (unpaired) electrons. The summed E-state index contributed by atoms with van der Waals surface area (Å²) in [5, 5.41) is 16.8. The number of aliphatic hydroxyl groups excluding tert-OH is 2. The third-order valence-electron chi connectivity index (χ3n) is 2.05. The molecule has 0 saturated carbocycles. The summed E-state index contributed by atoms with van der Waals surface area (Å²) < 4.78 is 14.1. The van der Waals surface area contributed by atoms with Gasteiger partial charge < -0.3 is 24.4 Å². The van der Waals surface area contributed by atoms with E-state index in [-0.39, 0.29) is 13.2 Å². The van der Waals surface area contributed by atoms with Gasteiger partial charge in [-0.25, -0.2) is 4.79 Å². The maximum absolute atomic E-state index is 10.7. The average Bonchev–Trinajstić information content (AvgIpc) is 2.46. The first-order valence-corrected chi connectivity index (χ1v) is 6.93. The van der Waals surface area contributed by atoms with Crippen LogP contribution in [0.1, 0.15) is 39.5 Å². The van der Waals surface area contributed by atoms with Gasteiger partial charge in [-0.05, 0) is 12.8 Å². The highest BCUT2D eigenvalue weighted by Gasteiger charge is 2.01. The third-order valence-corrected chi connectivity index (χ3v) is 2.05. The van der Waals surface area contributed by atoms with Crippen LogP contribution < -0.4 is 0 Å². The number of hydrogen-bond donors (Lipinski definition) is 2. The van der Waals surface area contributed by atoms with Gasteiger partial charge in [0, 0.05) is 0 Å². The molecular formula is C14H28O6. The number of rotatable bonds is 10. The Morgan fingerprint density at radius 3 is 2.05 bits per heavy atom. The van der Waals surface area contributed by atoms with Crippen LogP contribution in [0.3, 0.4) is 0 Å². The van der Waals surface area contributed by atoms with Crippen molar-refractivity contribution in [2.24, 2.45) is 0 Å². The van der Waals surface area contributed by atoms with Gasteiger partial charge >= 0.3 is 6.16 Å². The van der Waals surface area contributed by atoms with Crippen LogP contribution in [0.25, 0.3) is 0 Å². The second-order valence-electron chi connectivity index (χ2n) is 3.99. The fourth-order valence-corrected chi connectivity index (χ4v) is 0.873. The van der Waals surface area contributed by atoms with Gasteiger partial charge in [0.15, 0.2) is 0 Å². The number of carbonyl (C=O) groups excluding carboxylic acids is 1. The van der Waals surface area contributed by atoms with E-state index in [1.807, 2.05) is 13.8 Å². The molecule has 1 atom stereocenters. The molecule has 0 aromatic heterocycles. The minimum absolute atomic E-state index is 0.111. The zero-order chi connectivity index (χ0) is 15.6. The van der Waals surface area contributed by atoms with E-state index in [0.717, 1.165) is 25.7 Å². The molecule has 0 saturated heterocycles. The molecule has 0 amide bonds. The molecular weight excluding hydrogens is 264 g/mol. The second kappa shape index (κ2) is 17.7. The fourth-order valence-electron chi connectivity index (χ4n) is 0.873. The van der Waals surface area contributed by atoms with Gasteiger partial charge in [-0.1, -0.05) is 33.3 Å². The van der Waals surface area contributed by atoms with Gasteiger partial charge in [0.2, 0.25) is 0 Å². The summed E-state index contributed by atoms with van der Waals surface area (Å²) in [4.78, 5) is 10.7. The molecule has 0 aliphatic heterocycles. The van der Waals surface area contributed by atoms with Crippen LogP contribution in [0.2, 0.25) is 0 Å². The van der Waals surface area contributed by atoms with E-state index in [1.165, 1.54) is 6.26 Å². The van der Waals surface area contributed by atoms with Crippen molar-refractivity contribution in [1.82, 2.24) is 0 Å². The molecule has 6 nitrogen and oxygen atoms in total. The molecule has 0 heterocycles. The van der Waals surface area contributed by atoms with E-state index in [4.69, 9.17) is 19.7 Å². The van der Waals surface area contributed by atoms with E-state index < -0.39 is 12.3 Å². The Labute approximate surface area is 121 Å². The molecule has 2 N–H and O–H groups in total. The summed E-state index contributed by atoms with van der Waals surface area (Å²) in [5.41, 5.74) is 0. The maximum Gasteiger partial charge on any atom is 0.508 e. The van der Waals surface area contributed by atoms with Gasteiger partial charge in [0.1, 0.15) is 12.7 Å². The highest BCUT2D eigenvalue weighted by atomic mass is 16.7. The first-order valence-electron chi connectivity index (χ1n) is 6.93. The van der Waals surface area contributed by atoms with Gasteiger partial charge in [0.25, 0.3) is 0 Å². The summed E-state index contributed by atoms with van der Waals surface area (Å²) in [6, 6.07) is 0. The lowest BCUT2D eigenvalue weighted by Crippen LogP contribution is -2.17. The Balaban J connectivity index is 0. The Hall–Kier alpha value is -1.27. The zero-order valence-corrected chi connectivity index (χ0v) is 12.5. The Morgan fingerprint density at radius 1 is 1.20 bits per heavy atom. The first kappa shape index (κ1) is 21.0. The van der Waals surface area contributed by atoms with E-state index in [9.17, 15) is 4.79 Å². The lowest BCUT2D eigenvalue weighted by Gasteiger charge is -2.04. The summed E-state index contributed by atoms with van der Waals surface area (Å²) in [6.45, 7) is 8.14. The number of aliphatic hydroxyl groups is 2. The molecule has 0 bridgehead atoms. The molecule has 0 rings (SSSR count). The maximum atomic E-state index is 10.7. The fraction of sp³-hybridized carbons (Fsp3) is 0.786. The molecule has 0 fully saturated rings. The summed E-state index contributed by atoms with van der Waals surface area (Å²) in [7, 11) is 0. The van der Waals surface area contributed by atoms with Crippen molar-refractivity contribution < 1.29 is 29.2 Å². The third kappa shape index (κ3) is 19.1. The van der Waals surface area contributed by atoms with E-state index >= 15 is 0 Å². The number of ether oxygens (including phenoxy) is 3. The van der Waals surface area contributed by atoms with Crippen LogP contribution in [0.5, 0.6) is 0 Å². The van der Waals surface area contributed by atoms with Crippen LogP contribution >= 0.6 is 0 Å². The molecule has 1 unspecified atom stereocenters.